The van der Waals surface area contributed by atoms with Crippen LogP contribution in [0.15, 0.2) is 41.3 Å². The van der Waals surface area contributed by atoms with Crippen molar-refractivity contribution in [3.8, 4) is 0 Å². The molecule has 22 heavy (non-hydrogen) atoms. The number of para-hydroxylation sites is 1. The zero-order valence-corrected chi connectivity index (χ0v) is 13.0. The van der Waals surface area contributed by atoms with Gasteiger partial charge >= 0.3 is 0 Å². The second kappa shape index (κ2) is 6.94. The first-order valence-corrected chi connectivity index (χ1v) is 7.25. The van der Waals surface area contributed by atoms with Gasteiger partial charge in [-0.05, 0) is 30.9 Å². The zero-order valence-electron chi connectivity index (χ0n) is 12.2. The van der Waals surface area contributed by atoms with Crippen LogP contribution in [-0.2, 0) is 11.3 Å². The van der Waals surface area contributed by atoms with E-state index in [1.54, 1.807) is 16.8 Å². The highest BCUT2D eigenvalue weighted by molar-refractivity contribution is 5.85. The Balaban J connectivity index is 0.00000176. The van der Waals surface area contributed by atoms with E-state index in [-0.39, 0.29) is 36.3 Å². The number of benzene rings is 1. The Morgan fingerprint density at radius 2 is 2.05 bits per heavy atom. The summed E-state index contributed by atoms with van der Waals surface area (Å²) in [5.74, 6) is 0.485. The SMILES string of the molecule is Cl.NC(CNC(=O)Cn1ccc(=O)c2ccccc21)C1CC1. The van der Waals surface area contributed by atoms with Gasteiger partial charge < -0.3 is 15.6 Å². The number of hydrogen-bond acceptors (Lipinski definition) is 3. The van der Waals surface area contributed by atoms with E-state index >= 15 is 0 Å². The van der Waals surface area contributed by atoms with Gasteiger partial charge in [-0.15, -0.1) is 12.4 Å². The number of rotatable bonds is 5. The van der Waals surface area contributed by atoms with E-state index in [1.165, 1.54) is 18.9 Å². The molecule has 1 aliphatic rings. The summed E-state index contributed by atoms with van der Waals surface area (Å²) in [7, 11) is 0. The van der Waals surface area contributed by atoms with Gasteiger partial charge in [0.15, 0.2) is 5.43 Å². The monoisotopic (exact) mass is 321 g/mol. The first-order chi connectivity index (χ1) is 10.1. The highest BCUT2D eigenvalue weighted by atomic mass is 35.5. The van der Waals surface area contributed by atoms with Gasteiger partial charge in [0.2, 0.25) is 5.91 Å². The molecular weight excluding hydrogens is 302 g/mol. The number of pyridine rings is 1. The Morgan fingerprint density at radius 1 is 1.32 bits per heavy atom. The van der Waals surface area contributed by atoms with Crippen LogP contribution >= 0.6 is 12.4 Å². The number of carbonyl (C=O) groups is 1. The Bertz CT molecular complexity index is 725. The van der Waals surface area contributed by atoms with Crippen molar-refractivity contribution in [1.29, 1.82) is 0 Å². The third kappa shape index (κ3) is 3.67. The van der Waals surface area contributed by atoms with Crippen LogP contribution in [-0.4, -0.2) is 23.1 Å². The molecule has 5 nitrogen and oxygen atoms in total. The van der Waals surface area contributed by atoms with Crippen molar-refractivity contribution in [2.75, 3.05) is 6.54 Å². The van der Waals surface area contributed by atoms with Crippen LogP contribution < -0.4 is 16.5 Å². The van der Waals surface area contributed by atoms with Gasteiger partial charge in [0.25, 0.3) is 0 Å². The number of nitrogens with zero attached hydrogens (tertiary/aromatic N) is 1. The van der Waals surface area contributed by atoms with Crippen molar-refractivity contribution >= 4 is 29.2 Å². The summed E-state index contributed by atoms with van der Waals surface area (Å²) < 4.78 is 1.79. The third-order valence-electron chi connectivity index (χ3n) is 3.96. The van der Waals surface area contributed by atoms with Gasteiger partial charge in [0.1, 0.15) is 6.54 Å². The third-order valence-corrected chi connectivity index (χ3v) is 3.96. The normalized spacial score (nSPS) is 15.1. The molecule has 1 atom stereocenters. The lowest BCUT2D eigenvalue weighted by atomic mass is 10.2. The molecule has 0 radical (unpaired) electrons. The predicted octanol–water partition coefficient (Wildman–Crippen LogP) is 1.28. The van der Waals surface area contributed by atoms with Crippen LogP contribution in [0.2, 0.25) is 0 Å². The molecule has 1 aromatic heterocycles. The lowest BCUT2D eigenvalue weighted by Crippen LogP contribution is -2.39. The van der Waals surface area contributed by atoms with Crippen molar-refractivity contribution in [3.63, 3.8) is 0 Å². The van der Waals surface area contributed by atoms with Crippen LogP contribution in [0.3, 0.4) is 0 Å². The fraction of sp³-hybridized carbons (Fsp3) is 0.375. The van der Waals surface area contributed by atoms with E-state index in [9.17, 15) is 9.59 Å². The number of aromatic nitrogens is 1. The molecule has 1 aromatic carbocycles. The topological polar surface area (TPSA) is 77.1 Å². The van der Waals surface area contributed by atoms with Crippen molar-refractivity contribution in [2.24, 2.45) is 11.7 Å². The van der Waals surface area contributed by atoms with Crippen LogP contribution in [0, 0.1) is 5.92 Å². The molecule has 1 fully saturated rings. The number of hydrogen-bond donors (Lipinski definition) is 2. The van der Waals surface area contributed by atoms with Crippen molar-refractivity contribution < 1.29 is 4.79 Å². The van der Waals surface area contributed by atoms with E-state index in [2.05, 4.69) is 5.32 Å². The summed E-state index contributed by atoms with van der Waals surface area (Å²) in [6.07, 6.45) is 3.99. The van der Waals surface area contributed by atoms with Gasteiger partial charge in [0, 0.05) is 30.2 Å². The Kier molecular flexibility index (Phi) is 5.21. The van der Waals surface area contributed by atoms with Crippen LogP contribution in [0.25, 0.3) is 10.9 Å². The first kappa shape index (κ1) is 16.5. The Labute approximate surface area is 134 Å². The maximum absolute atomic E-state index is 12.0. The van der Waals surface area contributed by atoms with E-state index in [0.717, 1.165) is 5.52 Å². The predicted molar refractivity (Wildman–Crippen MR) is 89.2 cm³/mol. The minimum atomic E-state index is -0.0834. The molecular formula is C16H20ClN3O2. The smallest absolute Gasteiger partial charge is 0.239 e. The Morgan fingerprint density at radius 3 is 2.77 bits per heavy atom. The Hall–Kier alpha value is -1.85. The number of amides is 1. The van der Waals surface area contributed by atoms with Crippen LogP contribution in [0.5, 0.6) is 0 Å². The summed E-state index contributed by atoms with van der Waals surface area (Å²) in [6.45, 7) is 0.708. The summed E-state index contributed by atoms with van der Waals surface area (Å²) >= 11 is 0. The largest absolute Gasteiger partial charge is 0.353 e. The molecule has 1 heterocycles. The second-order valence-corrected chi connectivity index (χ2v) is 5.63. The molecule has 3 rings (SSSR count). The standard InChI is InChI=1S/C16H19N3O2.ClH/c17-13(11-5-6-11)9-18-16(21)10-19-8-7-15(20)12-3-1-2-4-14(12)19;/h1-4,7-8,11,13H,5-6,9-10,17H2,(H,18,21);1H. The van der Waals surface area contributed by atoms with Crippen molar-refractivity contribution in [2.45, 2.75) is 25.4 Å². The van der Waals surface area contributed by atoms with Gasteiger partial charge in [-0.3, -0.25) is 9.59 Å². The average molecular weight is 322 g/mol. The lowest BCUT2D eigenvalue weighted by molar-refractivity contribution is -0.121. The highest BCUT2D eigenvalue weighted by Gasteiger charge is 2.28. The number of halogens is 1. The molecule has 1 saturated carbocycles. The molecule has 0 spiro atoms. The molecule has 0 saturated heterocycles. The average Bonchev–Trinajstić information content (AvgIpc) is 3.33. The summed E-state index contributed by atoms with van der Waals surface area (Å²) in [6, 6.07) is 8.85. The van der Waals surface area contributed by atoms with Crippen molar-refractivity contribution in [1.82, 2.24) is 9.88 Å². The summed E-state index contributed by atoms with van der Waals surface area (Å²) in [4.78, 5) is 23.8. The molecule has 0 bridgehead atoms. The lowest BCUT2D eigenvalue weighted by Gasteiger charge is -2.13. The molecule has 1 unspecified atom stereocenters. The molecule has 118 valence electrons. The van der Waals surface area contributed by atoms with Gasteiger partial charge in [0.05, 0.1) is 5.52 Å². The zero-order chi connectivity index (χ0) is 14.8. The quantitative estimate of drug-likeness (QED) is 0.871. The molecule has 0 aliphatic heterocycles. The fourth-order valence-electron chi connectivity index (χ4n) is 2.53. The molecule has 3 N–H and O–H groups in total. The molecule has 2 aromatic rings. The second-order valence-electron chi connectivity index (χ2n) is 5.63. The number of nitrogens with one attached hydrogen (secondary N) is 1. The van der Waals surface area contributed by atoms with Crippen LogP contribution in [0.4, 0.5) is 0 Å². The molecule has 6 heteroatoms. The van der Waals surface area contributed by atoms with Gasteiger partial charge in [-0.25, -0.2) is 0 Å². The minimum absolute atomic E-state index is 0. The molecule has 1 aliphatic carbocycles. The molecule has 1 amide bonds. The van der Waals surface area contributed by atoms with E-state index in [0.29, 0.717) is 17.8 Å². The van der Waals surface area contributed by atoms with E-state index < -0.39 is 0 Å². The summed E-state index contributed by atoms with van der Waals surface area (Å²) in [5, 5.41) is 3.50. The summed E-state index contributed by atoms with van der Waals surface area (Å²) in [5.41, 5.74) is 6.71. The van der Waals surface area contributed by atoms with E-state index in [1.807, 2.05) is 18.2 Å². The number of fused-ring (bicyclic) bond motifs is 1. The van der Waals surface area contributed by atoms with Crippen molar-refractivity contribution in [3.05, 3.63) is 46.8 Å². The first-order valence-electron chi connectivity index (χ1n) is 7.25. The van der Waals surface area contributed by atoms with Gasteiger partial charge in [-0.2, -0.15) is 0 Å². The highest BCUT2D eigenvalue weighted by Crippen LogP contribution is 2.31. The van der Waals surface area contributed by atoms with Crippen LogP contribution in [0.1, 0.15) is 12.8 Å². The van der Waals surface area contributed by atoms with E-state index in [4.69, 9.17) is 5.73 Å². The number of nitrogens with two attached hydrogens (primary N) is 1. The number of carbonyl (C=O) groups excluding carboxylic acids is 1. The minimum Gasteiger partial charge on any atom is -0.353 e. The van der Waals surface area contributed by atoms with Gasteiger partial charge in [-0.1, -0.05) is 12.1 Å². The fourth-order valence-corrected chi connectivity index (χ4v) is 2.53. The maximum Gasteiger partial charge on any atom is 0.239 e. The maximum atomic E-state index is 12.0.